The second-order valence-corrected chi connectivity index (χ2v) is 4.65. The lowest BCUT2D eigenvalue weighted by Crippen LogP contribution is -2.31. The van der Waals surface area contributed by atoms with E-state index in [2.05, 4.69) is 44.9 Å². The third-order valence-electron chi connectivity index (χ3n) is 3.41. The summed E-state index contributed by atoms with van der Waals surface area (Å²) in [7, 11) is 2.19. The molecule has 1 rings (SSSR count). The van der Waals surface area contributed by atoms with Crippen molar-refractivity contribution in [3.63, 3.8) is 0 Å². The van der Waals surface area contributed by atoms with E-state index in [1.54, 1.807) is 0 Å². The SMILES string of the molecule is CCCC(C)N(C)C(C)c1cccc(N)c1. The first-order chi connectivity index (χ1) is 7.56. The van der Waals surface area contributed by atoms with Crippen molar-refractivity contribution >= 4 is 5.69 Å². The Kier molecular flexibility index (Phi) is 4.81. The largest absolute Gasteiger partial charge is 0.399 e. The molecule has 0 saturated carbocycles. The summed E-state index contributed by atoms with van der Waals surface area (Å²) in [6.45, 7) is 6.75. The van der Waals surface area contributed by atoms with E-state index in [0.29, 0.717) is 12.1 Å². The molecule has 0 amide bonds. The normalized spacial score (nSPS) is 15.1. The summed E-state index contributed by atoms with van der Waals surface area (Å²) in [5, 5.41) is 0. The molecule has 0 aliphatic rings. The molecule has 2 atom stereocenters. The van der Waals surface area contributed by atoms with Crippen LogP contribution in [0.25, 0.3) is 0 Å². The average molecular weight is 220 g/mol. The lowest BCUT2D eigenvalue weighted by Gasteiger charge is -2.31. The van der Waals surface area contributed by atoms with E-state index in [9.17, 15) is 0 Å². The Morgan fingerprint density at radius 2 is 2.00 bits per heavy atom. The summed E-state index contributed by atoms with van der Waals surface area (Å²) in [5.41, 5.74) is 7.96. The molecule has 1 aromatic carbocycles. The number of anilines is 1. The molecule has 0 fully saturated rings. The molecule has 0 heterocycles. The van der Waals surface area contributed by atoms with E-state index < -0.39 is 0 Å². The maximum Gasteiger partial charge on any atom is 0.0320 e. The van der Waals surface area contributed by atoms with Crippen LogP contribution in [0.5, 0.6) is 0 Å². The third-order valence-corrected chi connectivity index (χ3v) is 3.41. The van der Waals surface area contributed by atoms with Gasteiger partial charge in [-0.3, -0.25) is 4.90 Å². The zero-order valence-corrected chi connectivity index (χ0v) is 10.9. The molecule has 2 nitrogen and oxygen atoms in total. The molecule has 2 N–H and O–H groups in total. The minimum atomic E-state index is 0.421. The molecule has 0 radical (unpaired) electrons. The number of rotatable bonds is 5. The van der Waals surface area contributed by atoms with Crippen molar-refractivity contribution in [1.82, 2.24) is 4.90 Å². The number of hydrogen-bond donors (Lipinski definition) is 1. The molecule has 1 aromatic rings. The molecule has 0 aromatic heterocycles. The molecular formula is C14H24N2. The van der Waals surface area contributed by atoms with Crippen molar-refractivity contribution in [3.8, 4) is 0 Å². The first-order valence-corrected chi connectivity index (χ1v) is 6.13. The average Bonchev–Trinajstić information content (AvgIpc) is 2.27. The number of nitrogen functional groups attached to an aromatic ring is 1. The highest BCUT2D eigenvalue weighted by Gasteiger charge is 2.16. The number of benzene rings is 1. The first-order valence-electron chi connectivity index (χ1n) is 6.13. The van der Waals surface area contributed by atoms with Gasteiger partial charge in [-0.1, -0.05) is 25.5 Å². The fourth-order valence-electron chi connectivity index (χ4n) is 2.06. The first kappa shape index (κ1) is 13.0. The second kappa shape index (κ2) is 5.90. The highest BCUT2D eigenvalue weighted by atomic mass is 15.1. The predicted octanol–water partition coefficient (Wildman–Crippen LogP) is 3.45. The fraction of sp³-hybridized carbons (Fsp3) is 0.571. The Labute approximate surface area is 99.5 Å². The fourth-order valence-corrected chi connectivity index (χ4v) is 2.06. The van der Waals surface area contributed by atoms with Gasteiger partial charge in [0.2, 0.25) is 0 Å². The standard InChI is InChI=1S/C14H24N2/c1-5-7-11(2)16(4)12(3)13-8-6-9-14(15)10-13/h6,8-12H,5,7,15H2,1-4H3. The third kappa shape index (κ3) is 3.24. The van der Waals surface area contributed by atoms with Gasteiger partial charge in [0.25, 0.3) is 0 Å². The van der Waals surface area contributed by atoms with Crippen LogP contribution in [-0.2, 0) is 0 Å². The minimum Gasteiger partial charge on any atom is -0.399 e. The zero-order valence-electron chi connectivity index (χ0n) is 10.9. The van der Waals surface area contributed by atoms with Crippen LogP contribution < -0.4 is 5.73 Å². The van der Waals surface area contributed by atoms with Gasteiger partial charge < -0.3 is 5.73 Å². The molecule has 16 heavy (non-hydrogen) atoms. The van der Waals surface area contributed by atoms with E-state index in [1.807, 2.05) is 12.1 Å². The molecule has 0 aliphatic heterocycles. The molecule has 2 unspecified atom stereocenters. The molecule has 0 bridgehead atoms. The molecule has 0 saturated heterocycles. The molecular weight excluding hydrogens is 196 g/mol. The van der Waals surface area contributed by atoms with Crippen molar-refractivity contribution < 1.29 is 0 Å². The summed E-state index contributed by atoms with van der Waals surface area (Å²) in [6.07, 6.45) is 2.47. The highest BCUT2D eigenvalue weighted by Crippen LogP contribution is 2.23. The Morgan fingerprint density at radius 3 is 2.56 bits per heavy atom. The van der Waals surface area contributed by atoms with Crippen molar-refractivity contribution in [2.24, 2.45) is 0 Å². The number of nitrogens with zero attached hydrogens (tertiary/aromatic N) is 1. The zero-order chi connectivity index (χ0) is 12.1. The summed E-state index contributed by atoms with van der Waals surface area (Å²) >= 11 is 0. The topological polar surface area (TPSA) is 29.3 Å². The van der Waals surface area contributed by atoms with Gasteiger partial charge in [0.05, 0.1) is 0 Å². The maximum atomic E-state index is 5.81. The van der Waals surface area contributed by atoms with Gasteiger partial charge in [-0.2, -0.15) is 0 Å². The Bertz CT molecular complexity index is 322. The minimum absolute atomic E-state index is 0.421. The van der Waals surface area contributed by atoms with E-state index >= 15 is 0 Å². The van der Waals surface area contributed by atoms with Crippen LogP contribution in [0.1, 0.15) is 45.2 Å². The van der Waals surface area contributed by atoms with Crippen LogP contribution >= 0.6 is 0 Å². The molecule has 0 aliphatic carbocycles. The van der Waals surface area contributed by atoms with Crippen LogP contribution in [0.15, 0.2) is 24.3 Å². The van der Waals surface area contributed by atoms with Gasteiger partial charge in [-0.25, -0.2) is 0 Å². The highest BCUT2D eigenvalue weighted by molar-refractivity contribution is 5.41. The predicted molar refractivity (Wildman–Crippen MR) is 71.4 cm³/mol. The van der Waals surface area contributed by atoms with Crippen LogP contribution in [-0.4, -0.2) is 18.0 Å². The van der Waals surface area contributed by atoms with E-state index in [4.69, 9.17) is 5.73 Å². The van der Waals surface area contributed by atoms with Gasteiger partial charge in [-0.15, -0.1) is 0 Å². The number of nitrogens with two attached hydrogens (primary N) is 1. The smallest absolute Gasteiger partial charge is 0.0320 e. The summed E-state index contributed by atoms with van der Waals surface area (Å²) < 4.78 is 0. The summed E-state index contributed by atoms with van der Waals surface area (Å²) in [4.78, 5) is 2.41. The Balaban J connectivity index is 2.73. The van der Waals surface area contributed by atoms with Crippen LogP contribution in [0, 0.1) is 0 Å². The van der Waals surface area contributed by atoms with E-state index in [1.165, 1.54) is 18.4 Å². The Morgan fingerprint density at radius 1 is 1.31 bits per heavy atom. The molecule has 90 valence electrons. The molecule has 2 heteroatoms. The quantitative estimate of drug-likeness (QED) is 0.770. The van der Waals surface area contributed by atoms with Crippen LogP contribution in [0.2, 0.25) is 0 Å². The van der Waals surface area contributed by atoms with Gasteiger partial charge in [0.15, 0.2) is 0 Å². The van der Waals surface area contributed by atoms with Gasteiger partial charge in [0, 0.05) is 17.8 Å². The summed E-state index contributed by atoms with van der Waals surface area (Å²) in [6, 6.07) is 9.22. The number of hydrogen-bond acceptors (Lipinski definition) is 2. The van der Waals surface area contributed by atoms with E-state index in [-0.39, 0.29) is 0 Å². The van der Waals surface area contributed by atoms with Gasteiger partial charge in [0.1, 0.15) is 0 Å². The summed E-state index contributed by atoms with van der Waals surface area (Å²) in [5.74, 6) is 0. The maximum absolute atomic E-state index is 5.81. The van der Waals surface area contributed by atoms with Gasteiger partial charge >= 0.3 is 0 Å². The molecule has 0 spiro atoms. The van der Waals surface area contributed by atoms with Crippen molar-refractivity contribution in [1.29, 1.82) is 0 Å². The monoisotopic (exact) mass is 220 g/mol. The van der Waals surface area contributed by atoms with Crippen LogP contribution in [0.3, 0.4) is 0 Å². The van der Waals surface area contributed by atoms with Crippen molar-refractivity contribution in [3.05, 3.63) is 29.8 Å². The van der Waals surface area contributed by atoms with E-state index in [0.717, 1.165) is 5.69 Å². The lowest BCUT2D eigenvalue weighted by atomic mass is 10.0. The lowest BCUT2D eigenvalue weighted by molar-refractivity contribution is 0.188. The van der Waals surface area contributed by atoms with Crippen molar-refractivity contribution in [2.75, 3.05) is 12.8 Å². The van der Waals surface area contributed by atoms with Crippen LogP contribution in [0.4, 0.5) is 5.69 Å². The Hall–Kier alpha value is -1.02. The van der Waals surface area contributed by atoms with Gasteiger partial charge in [-0.05, 0) is 45.0 Å². The second-order valence-electron chi connectivity index (χ2n) is 4.65. The van der Waals surface area contributed by atoms with Crippen molar-refractivity contribution in [2.45, 2.75) is 45.7 Å².